The van der Waals surface area contributed by atoms with E-state index in [1.165, 1.54) is 25.3 Å². The van der Waals surface area contributed by atoms with Crippen molar-refractivity contribution in [1.82, 2.24) is 0 Å². The smallest absolute Gasteiger partial charge is 0.418 e. The molecule has 0 aliphatic heterocycles. The molecule has 0 aromatic heterocycles. The minimum absolute atomic E-state index is 0.182. The summed E-state index contributed by atoms with van der Waals surface area (Å²) in [4.78, 5) is 12.7. The quantitative estimate of drug-likeness (QED) is 0.276. The lowest BCUT2D eigenvalue weighted by Gasteiger charge is -2.15. The molecule has 0 aliphatic carbocycles. The molecule has 0 unspecified atom stereocenters. The average molecular weight is 531 g/mol. The third kappa shape index (κ3) is 6.17. The largest absolute Gasteiger partial charge is 0.493 e. The molecule has 1 amide bonds. The Morgan fingerprint density at radius 3 is 2.44 bits per heavy atom. The highest BCUT2D eigenvalue weighted by Gasteiger charge is 2.33. The first-order valence-corrected chi connectivity index (χ1v) is 10.7. The number of alkyl halides is 3. The van der Waals surface area contributed by atoms with Gasteiger partial charge in [0.25, 0.3) is 5.91 Å². The highest BCUT2D eigenvalue weighted by atomic mass is 79.9. The van der Waals surface area contributed by atoms with Crippen LogP contribution in [0, 0.1) is 11.3 Å². The number of nitrogens with one attached hydrogen (secondary N) is 1. The van der Waals surface area contributed by atoms with Crippen molar-refractivity contribution in [3.8, 4) is 17.6 Å². The van der Waals surface area contributed by atoms with Gasteiger partial charge in [0.1, 0.15) is 18.2 Å². The summed E-state index contributed by atoms with van der Waals surface area (Å²) < 4.78 is 51.9. The van der Waals surface area contributed by atoms with E-state index in [1.807, 2.05) is 24.3 Å². The molecule has 0 aliphatic rings. The first-order valence-electron chi connectivity index (χ1n) is 9.86. The maximum absolute atomic E-state index is 13.2. The van der Waals surface area contributed by atoms with Gasteiger partial charge in [0, 0.05) is 10.0 Å². The molecular weight excluding hydrogens is 513 g/mol. The van der Waals surface area contributed by atoms with E-state index in [-0.39, 0.29) is 12.4 Å². The third-order valence-electron chi connectivity index (χ3n) is 4.67. The zero-order chi connectivity index (χ0) is 24.7. The van der Waals surface area contributed by atoms with Gasteiger partial charge in [-0.2, -0.15) is 18.4 Å². The first-order chi connectivity index (χ1) is 16.2. The molecule has 0 radical (unpaired) electrons. The highest BCUT2D eigenvalue weighted by molar-refractivity contribution is 9.10. The standard InChI is InChI=1S/C25H18BrF3N2O3/c1-33-22-8-4-5-17(23(22)34-15-16-9-11-19(26)12-10-16)13-18(14-30)24(32)31-21-7-3-2-6-20(21)25(27,28)29/h2-13H,15H2,1H3,(H,31,32)/b18-13+. The van der Waals surface area contributed by atoms with Gasteiger partial charge in [-0.05, 0) is 42.0 Å². The second-order valence-corrected chi connectivity index (χ2v) is 7.88. The van der Waals surface area contributed by atoms with Crippen molar-refractivity contribution in [2.75, 3.05) is 12.4 Å². The Hall–Kier alpha value is -3.77. The van der Waals surface area contributed by atoms with E-state index in [2.05, 4.69) is 21.2 Å². The van der Waals surface area contributed by atoms with Crippen molar-refractivity contribution in [1.29, 1.82) is 5.26 Å². The normalized spacial score (nSPS) is 11.5. The van der Waals surface area contributed by atoms with Crippen LogP contribution >= 0.6 is 15.9 Å². The number of hydrogen-bond acceptors (Lipinski definition) is 4. The van der Waals surface area contributed by atoms with Crippen LogP contribution in [0.1, 0.15) is 16.7 Å². The third-order valence-corrected chi connectivity index (χ3v) is 5.20. The molecule has 0 saturated carbocycles. The Bertz CT molecular complexity index is 1250. The molecule has 3 rings (SSSR count). The SMILES string of the molecule is COc1cccc(/C=C(\C#N)C(=O)Nc2ccccc2C(F)(F)F)c1OCc1ccc(Br)cc1. The van der Waals surface area contributed by atoms with E-state index in [9.17, 15) is 23.2 Å². The first kappa shape index (κ1) is 24.9. The molecule has 9 heteroatoms. The minimum Gasteiger partial charge on any atom is -0.493 e. The second-order valence-electron chi connectivity index (χ2n) is 6.96. The zero-order valence-corrected chi connectivity index (χ0v) is 19.4. The number of nitrogens with zero attached hydrogens (tertiary/aromatic N) is 1. The summed E-state index contributed by atoms with van der Waals surface area (Å²) in [6, 6.07) is 18.6. The number of anilines is 1. The molecule has 0 atom stereocenters. The van der Waals surface area contributed by atoms with Crippen LogP contribution in [-0.4, -0.2) is 13.0 Å². The number of para-hydroxylation sites is 2. The lowest BCUT2D eigenvalue weighted by atomic mass is 10.1. The number of rotatable bonds is 7. The van der Waals surface area contributed by atoms with E-state index in [1.54, 1.807) is 24.3 Å². The van der Waals surface area contributed by atoms with Gasteiger partial charge in [-0.1, -0.05) is 52.3 Å². The Kier molecular flexibility index (Phi) is 7.97. The number of nitriles is 1. The molecule has 0 spiro atoms. The van der Waals surface area contributed by atoms with Crippen molar-refractivity contribution < 1.29 is 27.4 Å². The fourth-order valence-electron chi connectivity index (χ4n) is 3.03. The Morgan fingerprint density at radius 2 is 1.79 bits per heavy atom. The number of hydrogen-bond donors (Lipinski definition) is 1. The Morgan fingerprint density at radius 1 is 1.09 bits per heavy atom. The number of amides is 1. The maximum Gasteiger partial charge on any atom is 0.418 e. The molecule has 174 valence electrons. The molecule has 0 fully saturated rings. The van der Waals surface area contributed by atoms with Crippen LogP contribution in [-0.2, 0) is 17.6 Å². The number of carbonyl (C=O) groups excluding carboxylic acids is 1. The number of benzene rings is 3. The molecule has 3 aromatic carbocycles. The second kappa shape index (κ2) is 10.9. The average Bonchev–Trinajstić information content (AvgIpc) is 2.82. The number of halogens is 4. The molecule has 3 aromatic rings. The Balaban J connectivity index is 1.90. The van der Waals surface area contributed by atoms with E-state index < -0.39 is 28.9 Å². The van der Waals surface area contributed by atoms with E-state index in [4.69, 9.17) is 9.47 Å². The molecule has 34 heavy (non-hydrogen) atoms. The lowest BCUT2D eigenvalue weighted by molar-refractivity contribution is -0.137. The number of carbonyl (C=O) groups is 1. The topological polar surface area (TPSA) is 71.3 Å². The molecule has 0 bridgehead atoms. The lowest BCUT2D eigenvalue weighted by Crippen LogP contribution is -2.17. The maximum atomic E-state index is 13.2. The highest BCUT2D eigenvalue weighted by Crippen LogP contribution is 2.36. The van der Waals surface area contributed by atoms with Crippen molar-refractivity contribution in [2.45, 2.75) is 12.8 Å². The predicted molar refractivity (Wildman–Crippen MR) is 125 cm³/mol. The molecular formula is C25H18BrF3N2O3. The monoisotopic (exact) mass is 530 g/mol. The van der Waals surface area contributed by atoms with Crippen molar-refractivity contribution in [2.24, 2.45) is 0 Å². The summed E-state index contributed by atoms with van der Waals surface area (Å²) >= 11 is 3.36. The van der Waals surface area contributed by atoms with Gasteiger partial charge in [0.2, 0.25) is 0 Å². The van der Waals surface area contributed by atoms with Gasteiger partial charge in [-0.25, -0.2) is 0 Å². The molecule has 1 N–H and O–H groups in total. The number of methoxy groups -OCH3 is 1. The van der Waals surface area contributed by atoms with Crippen molar-refractivity contribution in [3.63, 3.8) is 0 Å². The van der Waals surface area contributed by atoms with Gasteiger partial charge in [0.15, 0.2) is 11.5 Å². The van der Waals surface area contributed by atoms with Crippen LogP contribution in [0.2, 0.25) is 0 Å². The summed E-state index contributed by atoms with van der Waals surface area (Å²) in [5.74, 6) is -0.337. The Labute approximate surface area is 202 Å². The van der Waals surface area contributed by atoms with Gasteiger partial charge in [-0.15, -0.1) is 0 Å². The fraction of sp³-hybridized carbons (Fsp3) is 0.120. The molecule has 0 saturated heterocycles. The zero-order valence-electron chi connectivity index (χ0n) is 17.8. The van der Waals surface area contributed by atoms with Crippen molar-refractivity contribution >= 4 is 33.6 Å². The summed E-state index contributed by atoms with van der Waals surface area (Å²) in [5, 5.41) is 11.7. The summed E-state index contributed by atoms with van der Waals surface area (Å²) in [7, 11) is 1.45. The molecule has 5 nitrogen and oxygen atoms in total. The van der Waals surface area contributed by atoms with Crippen LogP contribution < -0.4 is 14.8 Å². The summed E-state index contributed by atoms with van der Waals surface area (Å²) in [5.41, 5.74) is -0.643. The van der Waals surface area contributed by atoms with E-state index in [0.29, 0.717) is 11.3 Å². The van der Waals surface area contributed by atoms with Gasteiger partial charge in [0.05, 0.1) is 18.4 Å². The van der Waals surface area contributed by atoms with Crippen LogP contribution in [0.3, 0.4) is 0 Å². The van der Waals surface area contributed by atoms with Crippen LogP contribution in [0.4, 0.5) is 18.9 Å². The molecule has 0 heterocycles. The van der Waals surface area contributed by atoms with E-state index in [0.717, 1.165) is 22.2 Å². The van der Waals surface area contributed by atoms with E-state index >= 15 is 0 Å². The van der Waals surface area contributed by atoms with Gasteiger partial charge < -0.3 is 14.8 Å². The van der Waals surface area contributed by atoms with Crippen LogP contribution in [0.5, 0.6) is 11.5 Å². The fourth-order valence-corrected chi connectivity index (χ4v) is 3.30. The number of ether oxygens (including phenoxy) is 2. The minimum atomic E-state index is -4.67. The van der Waals surface area contributed by atoms with Crippen LogP contribution in [0.15, 0.2) is 76.8 Å². The predicted octanol–water partition coefficient (Wildman–Crippen LogP) is 6.60. The van der Waals surface area contributed by atoms with Gasteiger partial charge >= 0.3 is 6.18 Å². The van der Waals surface area contributed by atoms with Crippen LogP contribution in [0.25, 0.3) is 6.08 Å². The summed E-state index contributed by atoms with van der Waals surface area (Å²) in [6.45, 7) is 0.182. The van der Waals surface area contributed by atoms with Gasteiger partial charge in [-0.3, -0.25) is 4.79 Å². The van der Waals surface area contributed by atoms with Crippen molar-refractivity contribution in [3.05, 3.63) is 93.5 Å². The summed E-state index contributed by atoms with van der Waals surface area (Å²) in [6.07, 6.45) is -3.42.